The first-order chi connectivity index (χ1) is 16.0. The average molecular weight is 455 g/mol. The van der Waals surface area contributed by atoms with Gasteiger partial charge in [0.05, 0.1) is 0 Å². The van der Waals surface area contributed by atoms with Gasteiger partial charge in [-0.05, 0) is 66.3 Å². The Kier molecular flexibility index (Phi) is 8.33. The summed E-state index contributed by atoms with van der Waals surface area (Å²) < 4.78 is 42.1. The lowest BCUT2D eigenvalue weighted by Crippen LogP contribution is -2.15. The number of benzene rings is 2. The molecule has 0 saturated heterocycles. The van der Waals surface area contributed by atoms with Crippen LogP contribution in [0.4, 0.5) is 13.2 Å². The van der Waals surface area contributed by atoms with Crippen LogP contribution in [0.1, 0.15) is 88.7 Å². The summed E-state index contributed by atoms with van der Waals surface area (Å²) in [5.41, 5.74) is 3.88. The van der Waals surface area contributed by atoms with Crippen LogP contribution < -0.4 is 0 Å². The van der Waals surface area contributed by atoms with Crippen LogP contribution in [0, 0.1) is 29.3 Å². The summed E-state index contributed by atoms with van der Waals surface area (Å²) in [5, 5.41) is 0. The highest BCUT2D eigenvalue weighted by atomic mass is 19.2. The highest BCUT2D eigenvalue weighted by molar-refractivity contribution is 5.66. The molecule has 178 valence electrons. The second-order valence-electron chi connectivity index (χ2n) is 10.2. The maximum absolute atomic E-state index is 15.2. The molecule has 3 heteroatoms. The minimum atomic E-state index is -0.947. The lowest BCUT2D eigenvalue weighted by atomic mass is 9.77. The van der Waals surface area contributed by atoms with Crippen molar-refractivity contribution in [1.29, 1.82) is 0 Å². The SMILES string of the molecule is CCCCCCC1CCC(CCC2=CCc3c(ccc(-c4ccc(F)c(F)c4)c3F)C2)CC1. The Hall–Kier alpha value is -2.03. The zero-order valence-electron chi connectivity index (χ0n) is 19.9. The van der Waals surface area contributed by atoms with E-state index in [1.54, 1.807) is 6.07 Å². The van der Waals surface area contributed by atoms with Gasteiger partial charge in [-0.3, -0.25) is 0 Å². The number of fused-ring (bicyclic) bond motifs is 1. The van der Waals surface area contributed by atoms with Gasteiger partial charge in [0.25, 0.3) is 0 Å². The topological polar surface area (TPSA) is 0 Å². The molecular formula is C30H37F3. The van der Waals surface area contributed by atoms with E-state index in [2.05, 4.69) is 13.0 Å². The summed E-state index contributed by atoms with van der Waals surface area (Å²) in [6.07, 6.45) is 18.4. The molecule has 0 aliphatic heterocycles. The third kappa shape index (κ3) is 6.11. The summed E-state index contributed by atoms with van der Waals surface area (Å²) >= 11 is 0. The highest BCUT2D eigenvalue weighted by Crippen LogP contribution is 2.37. The molecule has 0 N–H and O–H groups in total. The van der Waals surface area contributed by atoms with E-state index in [0.717, 1.165) is 42.4 Å². The first kappa shape index (κ1) is 24.1. The minimum Gasteiger partial charge on any atom is -0.206 e. The third-order valence-corrected chi connectivity index (χ3v) is 7.89. The normalized spacial score (nSPS) is 20.4. The Morgan fingerprint density at radius 3 is 2.30 bits per heavy atom. The van der Waals surface area contributed by atoms with Gasteiger partial charge in [-0.15, -0.1) is 0 Å². The van der Waals surface area contributed by atoms with E-state index >= 15 is 4.39 Å². The van der Waals surface area contributed by atoms with Gasteiger partial charge in [0.2, 0.25) is 0 Å². The van der Waals surface area contributed by atoms with E-state index in [-0.39, 0.29) is 5.82 Å². The molecule has 1 fully saturated rings. The molecule has 2 aromatic carbocycles. The van der Waals surface area contributed by atoms with Gasteiger partial charge in [0.15, 0.2) is 11.6 Å². The zero-order chi connectivity index (χ0) is 23.2. The predicted octanol–water partition coefficient (Wildman–Crippen LogP) is 9.35. The molecule has 4 rings (SSSR count). The Morgan fingerprint density at radius 1 is 0.818 bits per heavy atom. The van der Waals surface area contributed by atoms with Gasteiger partial charge in [0, 0.05) is 5.56 Å². The van der Waals surface area contributed by atoms with E-state index in [4.69, 9.17) is 0 Å². The summed E-state index contributed by atoms with van der Waals surface area (Å²) in [6.45, 7) is 2.27. The molecule has 33 heavy (non-hydrogen) atoms. The molecule has 0 aromatic heterocycles. The average Bonchev–Trinajstić information content (AvgIpc) is 2.83. The van der Waals surface area contributed by atoms with Crippen LogP contribution in [0.5, 0.6) is 0 Å². The third-order valence-electron chi connectivity index (χ3n) is 7.89. The van der Waals surface area contributed by atoms with E-state index in [1.807, 2.05) is 6.07 Å². The first-order valence-electron chi connectivity index (χ1n) is 13.0. The number of unbranched alkanes of at least 4 members (excludes halogenated alkanes) is 3. The van der Waals surface area contributed by atoms with Crippen LogP contribution in [-0.4, -0.2) is 0 Å². The van der Waals surface area contributed by atoms with Crippen molar-refractivity contribution in [3.05, 3.63) is 70.6 Å². The van der Waals surface area contributed by atoms with Gasteiger partial charge >= 0.3 is 0 Å². The standard InChI is InChI=1S/C30H37F3/c1-2-3-4-5-6-21-7-9-22(10-8-21)11-12-23-13-16-26-24(19-23)14-17-27(30(26)33)25-15-18-28(31)29(32)20-25/h13-15,17-18,20-22H,2-12,16,19H2,1H3. The maximum Gasteiger partial charge on any atom is 0.159 e. The molecule has 1 saturated carbocycles. The monoisotopic (exact) mass is 454 g/mol. The second kappa shape index (κ2) is 11.4. The van der Waals surface area contributed by atoms with Crippen molar-refractivity contribution in [2.24, 2.45) is 11.8 Å². The summed E-state index contributed by atoms with van der Waals surface area (Å²) in [4.78, 5) is 0. The highest BCUT2D eigenvalue weighted by Gasteiger charge is 2.23. The smallest absolute Gasteiger partial charge is 0.159 e. The lowest BCUT2D eigenvalue weighted by molar-refractivity contribution is 0.248. The van der Waals surface area contributed by atoms with Gasteiger partial charge in [-0.1, -0.05) is 94.6 Å². The quantitative estimate of drug-likeness (QED) is 0.261. The molecule has 2 aromatic rings. The van der Waals surface area contributed by atoms with Crippen molar-refractivity contribution in [2.45, 2.75) is 90.4 Å². The van der Waals surface area contributed by atoms with Crippen molar-refractivity contribution in [3.63, 3.8) is 0 Å². The van der Waals surface area contributed by atoms with Crippen LogP contribution in [0.3, 0.4) is 0 Å². The molecule has 0 unspecified atom stereocenters. The van der Waals surface area contributed by atoms with Crippen LogP contribution in [0.15, 0.2) is 42.0 Å². The van der Waals surface area contributed by atoms with Crippen molar-refractivity contribution >= 4 is 0 Å². The van der Waals surface area contributed by atoms with E-state index in [9.17, 15) is 8.78 Å². The number of halogens is 3. The molecule has 2 aliphatic rings. The fourth-order valence-corrected chi connectivity index (χ4v) is 5.75. The molecular weight excluding hydrogens is 417 g/mol. The second-order valence-corrected chi connectivity index (χ2v) is 10.2. The molecule has 0 amide bonds. The Balaban J connectivity index is 1.28. The Morgan fingerprint density at radius 2 is 1.58 bits per heavy atom. The Labute approximate surface area is 197 Å². The van der Waals surface area contributed by atoms with Gasteiger partial charge in [-0.25, -0.2) is 13.2 Å². The summed E-state index contributed by atoms with van der Waals surface area (Å²) in [6, 6.07) is 7.25. The number of rotatable bonds is 9. The van der Waals surface area contributed by atoms with Crippen molar-refractivity contribution < 1.29 is 13.2 Å². The van der Waals surface area contributed by atoms with Gasteiger partial charge in [-0.2, -0.15) is 0 Å². The lowest BCUT2D eigenvalue weighted by Gasteiger charge is -2.29. The van der Waals surface area contributed by atoms with Gasteiger partial charge in [0.1, 0.15) is 5.82 Å². The Bertz CT molecular complexity index is 967. The maximum atomic E-state index is 15.2. The number of allylic oxidation sites excluding steroid dienone is 2. The summed E-state index contributed by atoms with van der Waals surface area (Å²) in [7, 11) is 0. The summed E-state index contributed by atoms with van der Waals surface area (Å²) in [5.74, 6) is -0.370. The van der Waals surface area contributed by atoms with Crippen molar-refractivity contribution in [1.82, 2.24) is 0 Å². The van der Waals surface area contributed by atoms with Crippen LogP contribution in [0.25, 0.3) is 11.1 Å². The molecule has 0 bridgehead atoms. The van der Waals surface area contributed by atoms with Crippen molar-refractivity contribution in [2.75, 3.05) is 0 Å². The molecule has 0 heterocycles. The van der Waals surface area contributed by atoms with Crippen LogP contribution in [-0.2, 0) is 12.8 Å². The zero-order valence-corrected chi connectivity index (χ0v) is 19.9. The fourth-order valence-electron chi connectivity index (χ4n) is 5.75. The van der Waals surface area contributed by atoms with Crippen LogP contribution in [0.2, 0.25) is 0 Å². The van der Waals surface area contributed by atoms with E-state index in [1.165, 1.54) is 75.8 Å². The van der Waals surface area contributed by atoms with Gasteiger partial charge < -0.3 is 0 Å². The minimum absolute atomic E-state index is 0.300. The molecule has 0 nitrogen and oxygen atoms in total. The molecule has 0 atom stereocenters. The molecule has 2 aliphatic carbocycles. The number of hydrogen-bond acceptors (Lipinski definition) is 0. The largest absolute Gasteiger partial charge is 0.206 e. The van der Waals surface area contributed by atoms with E-state index < -0.39 is 11.6 Å². The first-order valence-corrected chi connectivity index (χ1v) is 13.0. The predicted molar refractivity (Wildman–Crippen MR) is 131 cm³/mol. The van der Waals surface area contributed by atoms with E-state index in [0.29, 0.717) is 23.1 Å². The van der Waals surface area contributed by atoms with Crippen LogP contribution >= 0.6 is 0 Å². The van der Waals surface area contributed by atoms with Crippen molar-refractivity contribution in [3.8, 4) is 11.1 Å². The molecule has 0 radical (unpaired) electrons. The molecule has 0 spiro atoms. The number of hydrogen-bond donors (Lipinski definition) is 0. The fraction of sp³-hybridized carbons (Fsp3) is 0.533.